The van der Waals surface area contributed by atoms with Gasteiger partial charge in [-0.25, -0.2) is 9.59 Å². The highest BCUT2D eigenvalue weighted by atomic mass is 16.6. The lowest BCUT2D eigenvalue weighted by molar-refractivity contribution is -0.145. The Bertz CT molecular complexity index is 843. The van der Waals surface area contributed by atoms with Gasteiger partial charge in [0.05, 0.1) is 6.10 Å². The zero-order valence-electron chi connectivity index (χ0n) is 20.5. The van der Waals surface area contributed by atoms with Crippen molar-refractivity contribution in [1.29, 1.82) is 1.43 Å². The second-order valence-corrected chi connectivity index (χ2v) is 10.2. The van der Waals surface area contributed by atoms with Gasteiger partial charge in [0.1, 0.15) is 23.2 Å². The van der Waals surface area contributed by atoms with E-state index in [9.17, 15) is 24.3 Å². The number of carbonyl (C=O) groups excluding carboxylic acids is 3. The first-order valence-corrected chi connectivity index (χ1v) is 11.6. The topological polar surface area (TPSA) is 145 Å². The Morgan fingerprint density at radius 1 is 1.30 bits per heavy atom. The lowest BCUT2D eigenvalue weighted by Gasteiger charge is -2.30. The van der Waals surface area contributed by atoms with Crippen LogP contribution in [0.2, 0.25) is 0 Å². The molecule has 0 aromatic heterocycles. The molecule has 3 aliphatic rings. The van der Waals surface area contributed by atoms with Crippen LogP contribution in [0.15, 0.2) is 12.2 Å². The van der Waals surface area contributed by atoms with E-state index in [0.29, 0.717) is 12.8 Å². The van der Waals surface area contributed by atoms with Crippen molar-refractivity contribution in [2.24, 2.45) is 5.92 Å². The third-order valence-electron chi connectivity index (χ3n) is 6.31. The molecule has 1 aliphatic carbocycles. The van der Waals surface area contributed by atoms with Crippen LogP contribution >= 0.6 is 0 Å². The maximum atomic E-state index is 13.5. The highest BCUT2D eigenvalue weighted by Crippen LogP contribution is 2.45. The second-order valence-electron chi connectivity index (χ2n) is 10.2. The van der Waals surface area contributed by atoms with E-state index in [1.807, 2.05) is 12.2 Å². The first kappa shape index (κ1) is 23.5. The normalized spacial score (nSPS) is 33.5. The Balaban J connectivity index is 1.85. The molecule has 3 amide bonds. The third-order valence-corrected chi connectivity index (χ3v) is 6.31. The van der Waals surface area contributed by atoms with Crippen molar-refractivity contribution in [3.05, 3.63) is 12.2 Å². The Labute approximate surface area is 195 Å². The molecule has 0 bridgehead atoms. The van der Waals surface area contributed by atoms with Crippen LogP contribution in [-0.2, 0) is 19.1 Å². The van der Waals surface area contributed by atoms with E-state index in [2.05, 4.69) is 15.7 Å². The smallest absolute Gasteiger partial charge is 0.408 e. The van der Waals surface area contributed by atoms with Gasteiger partial charge in [-0.3, -0.25) is 9.59 Å². The summed E-state index contributed by atoms with van der Waals surface area (Å²) in [6, 6.07) is -1.92. The number of aliphatic carboxylic acids is 1. The fourth-order valence-corrected chi connectivity index (χ4v) is 4.51. The molecule has 10 nitrogen and oxygen atoms in total. The molecule has 0 aromatic rings. The van der Waals surface area contributed by atoms with Crippen LogP contribution in [0.3, 0.4) is 0 Å². The number of aliphatic hydroxyl groups is 1. The van der Waals surface area contributed by atoms with Crippen molar-refractivity contribution in [2.75, 3.05) is 6.54 Å². The summed E-state index contributed by atoms with van der Waals surface area (Å²) < 4.78 is 12.6. The Kier molecular flexibility index (Phi) is 6.92. The largest absolute Gasteiger partial charge is 0.479 e. The zero-order valence-corrected chi connectivity index (χ0v) is 19.5. The van der Waals surface area contributed by atoms with Crippen molar-refractivity contribution in [3.63, 3.8) is 0 Å². The van der Waals surface area contributed by atoms with E-state index in [0.717, 1.165) is 19.3 Å². The Morgan fingerprint density at radius 3 is 2.73 bits per heavy atom. The molecule has 5 atom stereocenters. The second kappa shape index (κ2) is 9.70. The van der Waals surface area contributed by atoms with Crippen molar-refractivity contribution in [3.8, 4) is 0 Å². The number of nitrogens with zero attached hydrogens (tertiary/aromatic N) is 1. The summed E-state index contributed by atoms with van der Waals surface area (Å²) in [5, 5.41) is 19.8. The van der Waals surface area contributed by atoms with Crippen molar-refractivity contribution >= 4 is 23.9 Å². The molecule has 0 aromatic carbocycles. The summed E-state index contributed by atoms with van der Waals surface area (Å²) in [5.41, 5.74) is -2.14. The van der Waals surface area contributed by atoms with E-state index in [1.165, 1.54) is 4.90 Å². The minimum atomic E-state index is -1.39. The summed E-state index contributed by atoms with van der Waals surface area (Å²) in [6.07, 6.45) is 6.16. The quantitative estimate of drug-likeness (QED) is 0.458. The number of rotatable bonds is 3. The van der Waals surface area contributed by atoms with Crippen LogP contribution in [-0.4, -0.2) is 76.3 Å². The van der Waals surface area contributed by atoms with Crippen LogP contribution in [0.25, 0.3) is 0 Å². The fraction of sp³-hybridized carbons (Fsp3) is 0.739. The molecule has 0 spiro atoms. The van der Waals surface area contributed by atoms with Crippen molar-refractivity contribution in [2.45, 2.75) is 95.0 Å². The van der Waals surface area contributed by atoms with Crippen LogP contribution in [0, 0.1) is 5.92 Å². The molecule has 33 heavy (non-hydrogen) atoms. The minimum absolute atomic E-state index is 0.00365. The summed E-state index contributed by atoms with van der Waals surface area (Å²) in [7, 11) is 0. The minimum Gasteiger partial charge on any atom is -0.479 e. The Hall–Kier alpha value is -2.62. The number of hydrogen-bond acceptors (Lipinski definition) is 6. The number of hydrogen-bond donors (Lipinski definition) is 4. The monoisotopic (exact) mass is 467 g/mol. The van der Waals surface area contributed by atoms with E-state index >= 15 is 0 Å². The molecule has 184 valence electrons. The number of amides is 3. The van der Waals surface area contributed by atoms with Crippen LogP contribution < -0.4 is 10.6 Å². The maximum Gasteiger partial charge on any atom is 0.408 e. The fourth-order valence-electron chi connectivity index (χ4n) is 4.51. The van der Waals surface area contributed by atoms with Gasteiger partial charge < -0.3 is 30.5 Å². The number of carbonyl (C=O) groups is 4. The van der Waals surface area contributed by atoms with Gasteiger partial charge in [0.2, 0.25) is 13.2 Å². The first-order chi connectivity index (χ1) is 16.0. The van der Waals surface area contributed by atoms with Crippen LogP contribution in [0.4, 0.5) is 4.79 Å². The molecule has 3 rings (SSSR count). The van der Waals surface area contributed by atoms with Crippen LogP contribution in [0.5, 0.6) is 0 Å². The average molecular weight is 468 g/mol. The summed E-state index contributed by atoms with van der Waals surface area (Å²) in [4.78, 5) is 52.4. The highest BCUT2D eigenvalue weighted by molar-refractivity contribution is 5.96. The van der Waals surface area contributed by atoms with Crippen molar-refractivity contribution < 1.29 is 34.1 Å². The standard InChI is InChI=1S/C23H35N3O7/c1-22(2,3)33-21(32)24-16-10-8-6-4-5-7-9-14-12-23(14,20(30)31)25-18(28)17-11-15(27)13-26(17)19(16)29/h7,9,14-17,27H,4-6,8,10-13H2,1-3H3,(H,24,32)(H,25,28)(H,30,31)/t14-,15-,16+,17+,23-/m1/s1/i27T. The SMILES string of the molecule is [3H]O[C@@H]1C[C@H]2C(=O)N[C@]3(C(=O)O)C[C@H]3C=CCCCCC[C@H](NC(=O)OC(C)(C)C)C(=O)N2C1. The molecule has 1 saturated heterocycles. The maximum absolute atomic E-state index is 13.5. The molecule has 2 heterocycles. The van der Waals surface area contributed by atoms with Crippen LogP contribution in [0.1, 0.15) is 65.7 Å². The highest BCUT2D eigenvalue weighted by Gasteiger charge is 2.61. The van der Waals surface area contributed by atoms with Gasteiger partial charge in [-0.15, -0.1) is 0 Å². The molecular weight excluding hydrogens is 430 g/mol. The molecule has 2 aliphatic heterocycles. The number of fused-ring (bicyclic) bond motifs is 2. The molecule has 4 N–H and O–H groups in total. The van der Waals surface area contributed by atoms with Gasteiger partial charge >= 0.3 is 12.1 Å². The van der Waals surface area contributed by atoms with E-state index in [1.54, 1.807) is 20.8 Å². The van der Waals surface area contributed by atoms with E-state index in [-0.39, 0.29) is 25.3 Å². The summed E-state index contributed by atoms with van der Waals surface area (Å²) >= 11 is 0. The van der Waals surface area contributed by atoms with Gasteiger partial charge in [0, 0.05) is 18.9 Å². The van der Waals surface area contributed by atoms with Gasteiger partial charge in [-0.05, 0) is 46.5 Å². The van der Waals surface area contributed by atoms with Gasteiger partial charge in [0.25, 0.3) is 0 Å². The number of carboxylic acids is 1. The van der Waals surface area contributed by atoms with Gasteiger partial charge in [0.15, 0.2) is 0 Å². The van der Waals surface area contributed by atoms with E-state index in [4.69, 9.17) is 6.17 Å². The molecule has 1 saturated carbocycles. The number of alkyl carbamates (subject to hydrolysis) is 1. The lowest BCUT2D eigenvalue weighted by atomic mass is 10.0. The Morgan fingerprint density at radius 2 is 2.06 bits per heavy atom. The number of nitrogens with one attached hydrogen (secondary N) is 2. The molecule has 0 radical (unpaired) electrons. The lowest BCUT2D eigenvalue weighted by Crippen LogP contribution is -2.56. The predicted molar refractivity (Wildman–Crippen MR) is 118 cm³/mol. The van der Waals surface area contributed by atoms with Gasteiger partial charge in [-0.1, -0.05) is 25.0 Å². The number of aliphatic hydroxyl groups excluding tert-OH is 1. The summed E-state index contributed by atoms with van der Waals surface area (Å²) in [5.74, 6) is -2.50. The van der Waals surface area contributed by atoms with E-state index < -0.39 is 53.2 Å². The van der Waals surface area contributed by atoms with Gasteiger partial charge in [-0.2, -0.15) is 0 Å². The first-order valence-electron chi connectivity index (χ1n) is 12.0. The number of ether oxygens (including phenoxy) is 1. The molecular formula is C23H35N3O7. The zero-order chi connectivity index (χ0) is 25.1. The predicted octanol–water partition coefficient (Wildman–Crippen LogP) is 1.32. The molecule has 10 heteroatoms. The van der Waals surface area contributed by atoms with Crippen molar-refractivity contribution in [1.82, 2.24) is 15.5 Å². The average Bonchev–Trinajstić information content (AvgIpc) is 3.26. The number of allylic oxidation sites excluding steroid dienone is 1. The third kappa shape index (κ3) is 6.04. The molecule has 2 fully saturated rings. The number of carboxylic acid groups (broad SMARTS) is 1. The molecule has 0 unspecified atom stereocenters. The summed E-state index contributed by atoms with van der Waals surface area (Å²) in [6.45, 7) is 5.16.